The molecule has 0 aliphatic heterocycles. The number of nitrogens with zero attached hydrogens (tertiary/aromatic N) is 1. The zero-order valence-electron chi connectivity index (χ0n) is 28.0. The van der Waals surface area contributed by atoms with Crippen molar-refractivity contribution in [1.82, 2.24) is 4.98 Å². The second-order valence-electron chi connectivity index (χ2n) is 5.52. The Morgan fingerprint density at radius 2 is 1.23 bits per heavy atom. The smallest absolute Gasteiger partial charge is 0.0840 e. The quantitative estimate of drug-likeness (QED) is 0.401. The summed E-state index contributed by atoms with van der Waals surface area (Å²) >= 11 is 0. The third-order valence-corrected chi connectivity index (χ3v) is 3.52. The van der Waals surface area contributed by atoms with E-state index in [0.29, 0.717) is 0 Å². The van der Waals surface area contributed by atoms with E-state index in [1.54, 1.807) is 0 Å². The molecule has 1 heterocycles. The summed E-state index contributed by atoms with van der Waals surface area (Å²) in [5.74, 6) is 0. The van der Waals surface area contributed by atoms with E-state index < -0.39 is 94.9 Å². The van der Waals surface area contributed by atoms with Crippen molar-refractivity contribution in [2.45, 2.75) is 13.8 Å². The first-order valence-electron chi connectivity index (χ1n) is 14.8. The fraction of sp³-hybridized carbons (Fsp3) is 0.0800. The van der Waals surface area contributed by atoms with Crippen LogP contribution in [-0.2, 0) is 0 Å². The predicted octanol–water partition coefficient (Wildman–Crippen LogP) is 6.70. The Balaban J connectivity index is 2.12. The highest BCUT2D eigenvalue weighted by molar-refractivity contribution is 5.74. The Bertz CT molecular complexity index is 1700. The Labute approximate surface area is 174 Å². The summed E-state index contributed by atoms with van der Waals surface area (Å²) in [6.45, 7) is 2.82. The zero-order chi connectivity index (χ0) is 30.1. The molecule has 0 N–H and O–H groups in total. The summed E-state index contributed by atoms with van der Waals surface area (Å²) in [5, 5.41) is 0. The van der Waals surface area contributed by atoms with Crippen molar-refractivity contribution in [3.63, 3.8) is 0 Å². The number of pyridine rings is 1. The molecule has 1 aromatic heterocycles. The third kappa shape index (κ3) is 3.43. The first-order valence-corrected chi connectivity index (χ1v) is 7.77. The maximum absolute atomic E-state index is 8.82. The molecule has 126 valence electrons. The summed E-state index contributed by atoms with van der Waals surface area (Å²) in [6.07, 6.45) is -0.474. The van der Waals surface area contributed by atoms with Gasteiger partial charge in [0.15, 0.2) is 0 Å². The van der Waals surface area contributed by atoms with Gasteiger partial charge in [0.2, 0.25) is 0 Å². The molecule has 4 rings (SSSR count). The van der Waals surface area contributed by atoms with Gasteiger partial charge in [0, 0.05) is 11.7 Å². The van der Waals surface area contributed by atoms with Crippen molar-refractivity contribution in [3.05, 3.63) is 102 Å². The molecule has 0 atom stereocenters. The minimum absolute atomic E-state index is 0.0509. The van der Waals surface area contributed by atoms with Gasteiger partial charge < -0.3 is 0 Å². The van der Waals surface area contributed by atoms with E-state index in [1.165, 1.54) is 13.8 Å². The molecule has 0 fully saturated rings. The second-order valence-corrected chi connectivity index (χ2v) is 5.52. The van der Waals surface area contributed by atoms with Crippen LogP contribution in [0.1, 0.15) is 30.3 Å². The van der Waals surface area contributed by atoms with Crippen LogP contribution in [0.2, 0.25) is 0 Å². The molecule has 0 saturated carbocycles. The van der Waals surface area contributed by atoms with Crippen LogP contribution in [0.25, 0.3) is 33.5 Å². The maximum atomic E-state index is 8.82. The number of rotatable bonds is 3. The molecule has 3 aromatic carbocycles. The topological polar surface area (TPSA) is 12.9 Å². The van der Waals surface area contributed by atoms with Gasteiger partial charge in [0.1, 0.15) is 0 Å². The number of benzene rings is 3. The minimum Gasteiger partial charge on any atom is -0.256 e. The highest BCUT2D eigenvalue weighted by atomic mass is 14.7. The predicted molar refractivity (Wildman–Crippen MR) is 110 cm³/mol. The van der Waals surface area contributed by atoms with Crippen LogP contribution >= 0.6 is 0 Å². The molecular formula is C25H21N. The molecule has 1 heteroatoms. The van der Waals surface area contributed by atoms with Crippen LogP contribution in [0.3, 0.4) is 0 Å². The average molecular weight is 350 g/mol. The largest absolute Gasteiger partial charge is 0.256 e. The molecule has 0 spiro atoms. The van der Waals surface area contributed by atoms with E-state index in [-0.39, 0.29) is 34.5 Å². The highest BCUT2D eigenvalue weighted by Gasteiger charge is 2.04. The van der Waals surface area contributed by atoms with Gasteiger partial charge in [-0.1, -0.05) is 72.1 Å². The fourth-order valence-corrected chi connectivity index (χ4v) is 2.23. The standard InChI is InChI=1S/C25H21N/c1-18-6-8-20(9-7-18)21-10-12-22(13-11-21)23-4-3-5-24(17-23)25-16-19(2)14-15-26-25/h3-17H,1-2H3/i3D,4D,6D,7D,8D,9D,10D,11D,12D,13D,14D,15D,16D,17D. The van der Waals surface area contributed by atoms with Crippen molar-refractivity contribution in [2.24, 2.45) is 0 Å². The molecule has 0 amide bonds. The molecule has 4 aromatic rings. The highest BCUT2D eigenvalue weighted by Crippen LogP contribution is 2.28. The molecule has 0 saturated heterocycles. The van der Waals surface area contributed by atoms with E-state index in [4.69, 9.17) is 19.2 Å². The lowest BCUT2D eigenvalue weighted by Gasteiger charge is -2.08. The van der Waals surface area contributed by atoms with Crippen molar-refractivity contribution in [1.29, 1.82) is 0 Å². The van der Waals surface area contributed by atoms with Gasteiger partial charge >= 0.3 is 0 Å². The Hall–Kier alpha value is -3.19. The van der Waals surface area contributed by atoms with Crippen LogP contribution in [0.4, 0.5) is 0 Å². The third-order valence-electron chi connectivity index (χ3n) is 3.52. The van der Waals surface area contributed by atoms with Crippen molar-refractivity contribution in [2.75, 3.05) is 0 Å². The summed E-state index contributed by atoms with van der Waals surface area (Å²) in [6, 6.07) is -5.87. The molecule has 1 nitrogen and oxygen atoms in total. The lowest BCUT2D eigenvalue weighted by atomic mass is 9.98. The molecular weight excluding hydrogens is 314 g/mol. The SMILES string of the molecule is [2H]c1cc(-c2nc([2H])c([2H])c(C)c2[2H])c([2H])c(-c2c([2H])c([2H])c(-c3c([2H])c([2H])c(C)c([2H])c3[2H])c([2H])c2[2H])c1[2H]. The summed E-state index contributed by atoms with van der Waals surface area (Å²) in [5.41, 5.74) is -2.09. The van der Waals surface area contributed by atoms with Crippen LogP contribution in [0.5, 0.6) is 0 Å². The van der Waals surface area contributed by atoms with E-state index >= 15 is 0 Å². The molecule has 0 bridgehead atoms. The van der Waals surface area contributed by atoms with Gasteiger partial charge in [-0.15, -0.1) is 0 Å². The number of hydrogen-bond donors (Lipinski definition) is 0. The van der Waals surface area contributed by atoms with Crippen LogP contribution in [0, 0.1) is 13.8 Å². The zero-order valence-corrected chi connectivity index (χ0v) is 14.0. The molecule has 0 aliphatic rings. The van der Waals surface area contributed by atoms with Gasteiger partial charge in [-0.05, 0) is 59.8 Å². The summed E-state index contributed by atoms with van der Waals surface area (Å²) < 4.78 is 117. The maximum Gasteiger partial charge on any atom is 0.0840 e. The number of aromatic nitrogens is 1. The van der Waals surface area contributed by atoms with E-state index in [1.807, 2.05) is 0 Å². The van der Waals surface area contributed by atoms with Crippen molar-refractivity contribution < 1.29 is 19.2 Å². The van der Waals surface area contributed by atoms with Gasteiger partial charge in [0.05, 0.1) is 24.9 Å². The lowest BCUT2D eigenvalue weighted by molar-refractivity contribution is 1.29. The van der Waals surface area contributed by atoms with E-state index in [0.717, 1.165) is 6.07 Å². The van der Waals surface area contributed by atoms with Crippen LogP contribution in [-0.4, -0.2) is 4.98 Å². The minimum atomic E-state index is -0.732. The van der Waals surface area contributed by atoms with Crippen LogP contribution in [0.15, 0.2) is 90.8 Å². The monoisotopic (exact) mass is 349 g/mol. The molecule has 0 radical (unpaired) electrons. The van der Waals surface area contributed by atoms with E-state index in [9.17, 15) is 0 Å². The summed E-state index contributed by atoms with van der Waals surface area (Å²) in [7, 11) is 0. The number of hydrogen-bond acceptors (Lipinski definition) is 1. The van der Waals surface area contributed by atoms with Gasteiger partial charge in [-0.25, -0.2) is 0 Å². The van der Waals surface area contributed by atoms with Crippen LogP contribution < -0.4 is 0 Å². The van der Waals surface area contributed by atoms with E-state index in [2.05, 4.69) is 4.98 Å². The van der Waals surface area contributed by atoms with Gasteiger partial charge in [0.25, 0.3) is 0 Å². The second kappa shape index (κ2) is 6.97. The fourth-order valence-electron chi connectivity index (χ4n) is 2.23. The first kappa shape index (κ1) is 6.85. The lowest BCUT2D eigenvalue weighted by Crippen LogP contribution is -1.86. The van der Waals surface area contributed by atoms with Crippen molar-refractivity contribution in [3.8, 4) is 33.5 Å². The average Bonchev–Trinajstić information content (AvgIpc) is 2.92. The van der Waals surface area contributed by atoms with Gasteiger partial charge in [-0.2, -0.15) is 0 Å². The molecule has 26 heavy (non-hydrogen) atoms. The molecule has 0 aliphatic carbocycles. The Morgan fingerprint density at radius 3 is 1.92 bits per heavy atom. The first-order chi connectivity index (χ1) is 18.5. The normalized spacial score (nSPS) is 18.2. The molecule has 0 unspecified atom stereocenters. The van der Waals surface area contributed by atoms with Gasteiger partial charge in [-0.3, -0.25) is 4.98 Å². The Morgan fingerprint density at radius 1 is 0.615 bits per heavy atom. The Kier molecular flexibility index (Phi) is 1.84. The van der Waals surface area contributed by atoms with Crippen molar-refractivity contribution >= 4 is 0 Å². The summed E-state index contributed by atoms with van der Waals surface area (Å²) in [4.78, 5) is 3.93.